The normalized spacial score (nSPS) is 12.2. The van der Waals surface area contributed by atoms with Crippen molar-refractivity contribution in [1.29, 1.82) is 0 Å². The van der Waals surface area contributed by atoms with Crippen molar-refractivity contribution >= 4 is 22.7 Å². The van der Waals surface area contributed by atoms with E-state index in [1.54, 1.807) is 6.26 Å². The Hall–Kier alpha value is -1.14. The SMILES string of the molecule is FC(F)(F)SCCNCc1coc2ccccc12. The van der Waals surface area contributed by atoms with Gasteiger partial charge in [0.2, 0.25) is 0 Å². The molecule has 1 aromatic heterocycles. The second kappa shape index (κ2) is 5.67. The van der Waals surface area contributed by atoms with Crippen molar-refractivity contribution in [2.24, 2.45) is 0 Å². The lowest BCUT2D eigenvalue weighted by atomic mass is 10.2. The maximum atomic E-state index is 11.9. The number of para-hydroxylation sites is 1. The number of furan rings is 1. The highest BCUT2D eigenvalue weighted by Gasteiger charge is 2.27. The van der Waals surface area contributed by atoms with Gasteiger partial charge in [0.05, 0.1) is 6.26 Å². The third kappa shape index (κ3) is 3.68. The van der Waals surface area contributed by atoms with Gasteiger partial charge in [-0.15, -0.1) is 0 Å². The van der Waals surface area contributed by atoms with E-state index in [9.17, 15) is 13.2 Å². The van der Waals surface area contributed by atoms with Crippen molar-refractivity contribution in [2.75, 3.05) is 12.3 Å². The first-order valence-corrected chi connectivity index (χ1v) is 6.41. The maximum absolute atomic E-state index is 11.9. The summed E-state index contributed by atoms with van der Waals surface area (Å²) in [6, 6.07) is 7.57. The zero-order valence-electron chi connectivity index (χ0n) is 9.46. The molecule has 1 N–H and O–H groups in total. The third-order valence-corrected chi connectivity index (χ3v) is 3.16. The molecule has 2 nitrogen and oxygen atoms in total. The number of rotatable bonds is 5. The van der Waals surface area contributed by atoms with E-state index >= 15 is 0 Å². The molecule has 0 aliphatic rings. The van der Waals surface area contributed by atoms with Crippen LogP contribution in [0.3, 0.4) is 0 Å². The summed E-state index contributed by atoms with van der Waals surface area (Å²) in [4.78, 5) is 0. The van der Waals surface area contributed by atoms with Gasteiger partial charge >= 0.3 is 5.51 Å². The van der Waals surface area contributed by atoms with Crippen LogP contribution in [-0.2, 0) is 6.54 Å². The van der Waals surface area contributed by atoms with Gasteiger partial charge in [-0.25, -0.2) is 0 Å². The Morgan fingerprint density at radius 2 is 2.00 bits per heavy atom. The van der Waals surface area contributed by atoms with Gasteiger partial charge in [-0.3, -0.25) is 0 Å². The first kappa shape index (κ1) is 13.3. The molecule has 6 heteroatoms. The summed E-state index contributed by atoms with van der Waals surface area (Å²) in [5, 5.41) is 3.97. The van der Waals surface area contributed by atoms with Gasteiger partial charge in [-0.1, -0.05) is 18.2 Å². The maximum Gasteiger partial charge on any atom is 0.441 e. The quantitative estimate of drug-likeness (QED) is 0.841. The van der Waals surface area contributed by atoms with E-state index in [0.717, 1.165) is 16.5 Å². The molecular formula is C12H12F3NOS. The van der Waals surface area contributed by atoms with Crippen LogP contribution in [0.1, 0.15) is 5.56 Å². The lowest BCUT2D eigenvalue weighted by Crippen LogP contribution is -2.18. The lowest BCUT2D eigenvalue weighted by Gasteiger charge is -2.06. The van der Waals surface area contributed by atoms with Gasteiger partial charge < -0.3 is 9.73 Å². The predicted octanol–water partition coefficient (Wildman–Crippen LogP) is 3.78. The molecule has 0 aliphatic heterocycles. The van der Waals surface area contributed by atoms with Crippen molar-refractivity contribution in [2.45, 2.75) is 12.1 Å². The fourth-order valence-electron chi connectivity index (χ4n) is 1.63. The minimum absolute atomic E-state index is 0.0115. The van der Waals surface area contributed by atoms with Crippen LogP contribution in [0.5, 0.6) is 0 Å². The number of benzene rings is 1. The molecule has 0 spiro atoms. The predicted molar refractivity (Wildman–Crippen MR) is 66.4 cm³/mol. The summed E-state index contributed by atoms with van der Waals surface area (Å²) in [5.74, 6) is 0.0132. The number of hydrogen-bond acceptors (Lipinski definition) is 3. The summed E-state index contributed by atoms with van der Waals surface area (Å²) in [7, 11) is 0. The fraction of sp³-hybridized carbons (Fsp3) is 0.333. The molecule has 98 valence electrons. The van der Waals surface area contributed by atoms with Crippen LogP contribution in [-0.4, -0.2) is 17.8 Å². The average molecular weight is 275 g/mol. The summed E-state index contributed by atoms with van der Waals surface area (Å²) < 4.78 is 41.0. The Morgan fingerprint density at radius 3 is 2.78 bits per heavy atom. The van der Waals surface area contributed by atoms with Crippen LogP contribution < -0.4 is 5.32 Å². The molecule has 0 amide bonds. The van der Waals surface area contributed by atoms with Crippen molar-refractivity contribution < 1.29 is 17.6 Å². The highest BCUT2D eigenvalue weighted by Crippen LogP contribution is 2.29. The van der Waals surface area contributed by atoms with Crippen LogP contribution >= 0.6 is 11.8 Å². The highest BCUT2D eigenvalue weighted by molar-refractivity contribution is 8.00. The zero-order chi connectivity index (χ0) is 13.0. The van der Waals surface area contributed by atoms with E-state index in [2.05, 4.69) is 5.32 Å². The lowest BCUT2D eigenvalue weighted by molar-refractivity contribution is -0.0327. The Labute approximate surface area is 107 Å². The van der Waals surface area contributed by atoms with Crippen molar-refractivity contribution in [3.8, 4) is 0 Å². The minimum atomic E-state index is -4.15. The second-order valence-corrected chi connectivity index (χ2v) is 4.89. The number of thioether (sulfide) groups is 1. The van der Waals surface area contributed by atoms with E-state index < -0.39 is 5.51 Å². The molecule has 0 unspecified atom stereocenters. The highest BCUT2D eigenvalue weighted by atomic mass is 32.2. The van der Waals surface area contributed by atoms with E-state index in [1.165, 1.54) is 0 Å². The third-order valence-electron chi connectivity index (χ3n) is 2.42. The molecule has 0 aliphatic carbocycles. The molecule has 18 heavy (non-hydrogen) atoms. The minimum Gasteiger partial charge on any atom is -0.464 e. The molecule has 1 heterocycles. The molecule has 0 radical (unpaired) electrons. The molecule has 2 rings (SSSR count). The zero-order valence-corrected chi connectivity index (χ0v) is 10.3. The Morgan fingerprint density at radius 1 is 1.22 bits per heavy atom. The van der Waals surface area contributed by atoms with Crippen LogP contribution in [0, 0.1) is 0 Å². The second-order valence-electron chi connectivity index (χ2n) is 3.73. The Bertz CT molecular complexity index is 509. The first-order valence-electron chi connectivity index (χ1n) is 5.43. The number of nitrogens with one attached hydrogen (secondary N) is 1. The molecule has 0 saturated heterocycles. The molecule has 1 aromatic carbocycles. The first-order chi connectivity index (χ1) is 8.56. The van der Waals surface area contributed by atoms with E-state index in [-0.39, 0.29) is 17.5 Å². The van der Waals surface area contributed by atoms with Crippen molar-refractivity contribution in [3.05, 3.63) is 36.1 Å². The standard InChI is InChI=1S/C12H12F3NOS/c13-12(14,15)18-6-5-16-7-9-8-17-11-4-2-1-3-10(9)11/h1-4,8,16H,5-7H2. The Balaban J connectivity index is 1.80. The summed E-state index contributed by atoms with van der Waals surface area (Å²) in [6.07, 6.45) is 1.63. The van der Waals surface area contributed by atoms with Gasteiger partial charge in [-0.2, -0.15) is 13.2 Å². The summed E-state index contributed by atoms with van der Waals surface area (Å²) >= 11 is -0.0115. The molecule has 0 atom stereocenters. The number of hydrogen-bond donors (Lipinski definition) is 1. The van der Waals surface area contributed by atoms with Crippen LogP contribution in [0.15, 0.2) is 34.9 Å². The number of fused-ring (bicyclic) bond motifs is 1. The van der Waals surface area contributed by atoms with E-state index in [4.69, 9.17) is 4.42 Å². The number of halogens is 3. The fourth-order valence-corrected chi connectivity index (χ4v) is 2.11. The monoisotopic (exact) mass is 275 g/mol. The smallest absolute Gasteiger partial charge is 0.441 e. The summed E-state index contributed by atoms with van der Waals surface area (Å²) in [5.41, 5.74) is -2.40. The molecular weight excluding hydrogens is 263 g/mol. The van der Waals surface area contributed by atoms with Crippen LogP contribution in [0.4, 0.5) is 13.2 Å². The summed E-state index contributed by atoms with van der Waals surface area (Å²) in [6.45, 7) is 0.819. The van der Waals surface area contributed by atoms with Crippen LogP contribution in [0.25, 0.3) is 11.0 Å². The van der Waals surface area contributed by atoms with E-state index in [0.29, 0.717) is 13.1 Å². The van der Waals surface area contributed by atoms with Crippen LogP contribution in [0.2, 0.25) is 0 Å². The van der Waals surface area contributed by atoms with Gasteiger partial charge in [0.25, 0.3) is 0 Å². The Kier molecular flexibility index (Phi) is 4.19. The van der Waals surface area contributed by atoms with Crippen molar-refractivity contribution in [3.63, 3.8) is 0 Å². The van der Waals surface area contributed by atoms with E-state index in [1.807, 2.05) is 24.3 Å². The molecule has 2 aromatic rings. The molecule has 0 fully saturated rings. The molecule has 0 bridgehead atoms. The number of alkyl halides is 3. The van der Waals surface area contributed by atoms with Gasteiger partial charge in [0.1, 0.15) is 5.58 Å². The van der Waals surface area contributed by atoms with Gasteiger partial charge in [0, 0.05) is 29.8 Å². The van der Waals surface area contributed by atoms with Gasteiger partial charge in [0.15, 0.2) is 0 Å². The van der Waals surface area contributed by atoms with Gasteiger partial charge in [-0.05, 0) is 17.8 Å². The van der Waals surface area contributed by atoms with Crippen molar-refractivity contribution in [1.82, 2.24) is 5.32 Å². The largest absolute Gasteiger partial charge is 0.464 e. The topological polar surface area (TPSA) is 25.2 Å². The molecule has 0 saturated carbocycles. The average Bonchev–Trinajstić information content (AvgIpc) is 2.71.